The van der Waals surface area contributed by atoms with Gasteiger partial charge in [0.15, 0.2) is 0 Å². The Morgan fingerprint density at radius 2 is 2.06 bits per heavy atom. The number of ether oxygens (including phenoxy) is 2. The SMILES string of the molecule is CCC1(COc2ccc(C=N)cc2)COC1. The lowest BCUT2D eigenvalue weighted by Crippen LogP contribution is -2.46. The third-order valence-electron chi connectivity index (χ3n) is 3.16. The highest BCUT2D eigenvalue weighted by Gasteiger charge is 2.37. The molecule has 1 fully saturated rings. The summed E-state index contributed by atoms with van der Waals surface area (Å²) in [4.78, 5) is 0. The molecular weight excluding hydrogens is 202 g/mol. The molecule has 0 radical (unpaired) electrons. The van der Waals surface area contributed by atoms with Gasteiger partial charge in [-0.3, -0.25) is 0 Å². The van der Waals surface area contributed by atoms with Gasteiger partial charge in [-0.25, -0.2) is 0 Å². The van der Waals surface area contributed by atoms with Crippen molar-refractivity contribution in [2.24, 2.45) is 5.41 Å². The highest BCUT2D eigenvalue weighted by atomic mass is 16.5. The second-order valence-corrected chi connectivity index (χ2v) is 4.35. The molecule has 1 aromatic carbocycles. The van der Waals surface area contributed by atoms with E-state index in [0.717, 1.165) is 30.9 Å². The summed E-state index contributed by atoms with van der Waals surface area (Å²) in [6, 6.07) is 7.59. The van der Waals surface area contributed by atoms with Crippen molar-refractivity contribution in [3.8, 4) is 5.75 Å². The van der Waals surface area contributed by atoms with Gasteiger partial charge in [0.05, 0.1) is 25.2 Å². The smallest absolute Gasteiger partial charge is 0.119 e. The fraction of sp³-hybridized carbons (Fsp3) is 0.462. The van der Waals surface area contributed by atoms with Crippen LogP contribution in [0.5, 0.6) is 5.75 Å². The van der Waals surface area contributed by atoms with Crippen LogP contribution in [0.15, 0.2) is 24.3 Å². The summed E-state index contributed by atoms with van der Waals surface area (Å²) in [5.74, 6) is 0.866. The molecule has 0 amide bonds. The van der Waals surface area contributed by atoms with Crippen LogP contribution in [0.4, 0.5) is 0 Å². The molecule has 0 saturated carbocycles. The Morgan fingerprint density at radius 3 is 2.50 bits per heavy atom. The highest BCUT2D eigenvalue weighted by molar-refractivity contribution is 5.76. The molecule has 3 nitrogen and oxygen atoms in total. The van der Waals surface area contributed by atoms with Crippen LogP contribution in [0.2, 0.25) is 0 Å². The quantitative estimate of drug-likeness (QED) is 0.773. The Hall–Kier alpha value is -1.35. The molecule has 86 valence electrons. The predicted octanol–water partition coefficient (Wildman–Crippen LogP) is 2.49. The molecule has 0 spiro atoms. The van der Waals surface area contributed by atoms with Gasteiger partial charge in [0.2, 0.25) is 0 Å². The van der Waals surface area contributed by atoms with E-state index in [1.54, 1.807) is 0 Å². The maximum atomic E-state index is 7.10. The standard InChI is InChI=1S/C13H17NO2/c1-2-13(8-15-9-13)10-16-12-5-3-11(7-14)4-6-12/h3-7,14H,2,8-10H2,1H3. The summed E-state index contributed by atoms with van der Waals surface area (Å²) >= 11 is 0. The first-order valence-electron chi connectivity index (χ1n) is 5.59. The first-order chi connectivity index (χ1) is 7.78. The average molecular weight is 219 g/mol. The van der Waals surface area contributed by atoms with Crippen LogP contribution in [0, 0.1) is 10.8 Å². The molecular formula is C13H17NO2. The molecule has 2 rings (SSSR count). The van der Waals surface area contributed by atoms with Crippen LogP contribution in [0.3, 0.4) is 0 Å². The van der Waals surface area contributed by atoms with E-state index in [9.17, 15) is 0 Å². The van der Waals surface area contributed by atoms with E-state index in [0.29, 0.717) is 6.61 Å². The van der Waals surface area contributed by atoms with Crippen LogP contribution in [0.1, 0.15) is 18.9 Å². The average Bonchev–Trinajstić information content (AvgIpc) is 2.29. The van der Waals surface area contributed by atoms with Gasteiger partial charge >= 0.3 is 0 Å². The molecule has 3 heteroatoms. The van der Waals surface area contributed by atoms with Crippen molar-refractivity contribution < 1.29 is 9.47 Å². The van der Waals surface area contributed by atoms with Gasteiger partial charge in [-0.05, 0) is 36.2 Å². The summed E-state index contributed by atoms with van der Waals surface area (Å²) in [5, 5.41) is 7.10. The third kappa shape index (κ3) is 2.25. The topological polar surface area (TPSA) is 42.3 Å². The van der Waals surface area contributed by atoms with Gasteiger partial charge < -0.3 is 14.9 Å². The number of hydrogen-bond acceptors (Lipinski definition) is 3. The zero-order valence-electron chi connectivity index (χ0n) is 9.53. The lowest BCUT2D eigenvalue weighted by molar-refractivity contribution is -0.133. The van der Waals surface area contributed by atoms with Gasteiger partial charge in [-0.15, -0.1) is 0 Å². The zero-order chi connectivity index (χ0) is 11.4. The van der Waals surface area contributed by atoms with Gasteiger partial charge in [-0.1, -0.05) is 6.92 Å². The molecule has 1 aromatic rings. The summed E-state index contributed by atoms with van der Waals surface area (Å²) < 4.78 is 11.0. The molecule has 0 atom stereocenters. The normalized spacial score (nSPS) is 17.6. The van der Waals surface area contributed by atoms with Crippen molar-refractivity contribution in [1.29, 1.82) is 5.41 Å². The van der Waals surface area contributed by atoms with E-state index in [2.05, 4.69) is 6.92 Å². The number of hydrogen-bond donors (Lipinski definition) is 1. The van der Waals surface area contributed by atoms with E-state index >= 15 is 0 Å². The predicted molar refractivity (Wildman–Crippen MR) is 63.4 cm³/mol. The summed E-state index contributed by atoms with van der Waals surface area (Å²) in [7, 11) is 0. The molecule has 0 aliphatic carbocycles. The molecule has 0 bridgehead atoms. The molecule has 0 aromatic heterocycles. The van der Waals surface area contributed by atoms with Crippen LogP contribution in [-0.2, 0) is 4.74 Å². The maximum absolute atomic E-state index is 7.10. The Kier molecular flexibility index (Phi) is 3.25. The fourth-order valence-electron chi connectivity index (χ4n) is 1.68. The Balaban J connectivity index is 1.91. The monoisotopic (exact) mass is 219 g/mol. The first kappa shape index (κ1) is 11.1. The van der Waals surface area contributed by atoms with E-state index in [1.807, 2.05) is 24.3 Å². The first-order valence-corrected chi connectivity index (χ1v) is 5.59. The minimum atomic E-state index is 0.222. The van der Waals surface area contributed by atoms with Gasteiger partial charge in [0.25, 0.3) is 0 Å². The number of rotatable bonds is 5. The van der Waals surface area contributed by atoms with Crippen molar-refractivity contribution in [2.45, 2.75) is 13.3 Å². The number of nitrogens with one attached hydrogen (secondary N) is 1. The molecule has 1 aliphatic rings. The largest absolute Gasteiger partial charge is 0.493 e. The second kappa shape index (κ2) is 4.66. The highest BCUT2D eigenvalue weighted by Crippen LogP contribution is 2.31. The van der Waals surface area contributed by atoms with Crippen LogP contribution >= 0.6 is 0 Å². The lowest BCUT2D eigenvalue weighted by Gasteiger charge is -2.40. The maximum Gasteiger partial charge on any atom is 0.119 e. The van der Waals surface area contributed by atoms with Crippen molar-refractivity contribution in [3.63, 3.8) is 0 Å². The minimum absolute atomic E-state index is 0.222. The second-order valence-electron chi connectivity index (χ2n) is 4.35. The van der Waals surface area contributed by atoms with E-state index < -0.39 is 0 Å². The summed E-state index contributed by atoms with van der Waals surface area (Å²) in [5.41, 5.74) is 1.12. The molecule has 1 saturated heterocycles. The van der Waals surface area contributed by atoms with E-state index in [1.165, 1.54) is 6.21 Å². The van der Waals surface area contributed by atoms with Crippen LogP contribution in [-0.4, -0.2) is 26.0 Å². The van der Waals surface area contributed by atoms with Crippen molar-refractivity contribution in [2.75, 3.05) is 19.8 Å². The van der Waals surface area contributed by atoms with Crippen molar-refractivity contribution in [3.05, 3.63) is 29.8 Å². The molecule has 1 aliphatic heterocycles. The van der Waals surface area contributed by atoms with Crippen molar-refractivity contribution in [1.82, 2.24) is 0 Å². The van der Waals surface area contributed by atoms with Gasteiger partial charge in [-0.2, -0.15) is 0 Å². The van der Waals surface area contributed by atoms with Crippen LogP contribution in [0.25, 0.3) is 0 Å². The molecule has 1 heterocycles. The lowest BCUT2D eigenvalue weighted by atomic mass is 9.84. The molecule has 16 heavy (non-hydrogen) atoms. The zero-order valence-corrected chi connectivity index (χ0v) is 9.53. The fourth-order valence-corrected chi connectivity index (χ4v) is 1.68. The molecule has 1 N–H and O–H groups in total. The Bertz CT molecular complexity index is 349. The van der Waals surface area contributed by atoms with Gasteiger partial charge in [0, 0.05) is 6.21 Å². The Morgan fingerprint density at radius 1 is 1.38 bits per heavy atom. The summed E-state index contributed by atoms with van der Waals surface area (Å²) in [6.07, 6.45) is 2.42. The van der Waals surface area contributed by atoms with Gasteiger partial charge in [0.1, 0.15) is 5.75 Å². The van der Waals surface area contributed by atoms with Crippen molar-refractivity contribution >= 4 is 6.21 Å². The third-order valence-corrected chi connectivity index (χ3v) is 3.16. The molecule has 0 unspecified atom stereocenters. The Labute approximate surface area is 95.9 Å². The number of benzene rings is 1. The van der Waals surface area contributed by atoms with Crippen LogP contribution < -0.4 is 4.74 Å². The van der Waals surface area contributed by atoms with E-state index in [-0.39, 0.29) is 5.41 Å². The minimum Gasteiger partial charge on any atom is -0.493 e. The summed E-state index contributed by atoms with van der Waals surface area (Å²) in [6.45, 7) is 4.50. The van der Waals surface area contributed by atoms with E-state index in [4.69, 9.17) is 14.9 Å².